The van der Waals surface area contributed by atoms with Crippen LogP contribution in [-0.2, 0) is 9.59 Å². The SMILES string of the molecule is CCCC1C(=O)NC(=O)N(C(CC(C)C)CN(C)C)C1=O. The van der Waals surface area contributed by atoms with Crippen LogP contribution in [0.15, 0.2) is 0 Å². The molecule has 0 bridgehead atoms. The van der Waals surface area contributed by atoms with Crippen molar-refractivity contribution in [2.24, 2.45) is 11.8 Å². The first kappa shape index (κ1) is 17.6. The molecule has 0 saturated carbocycles. The average molecular weight is 297 g/mol. The smallest absolute Gasteiger partial charge is 0.307 e. The number of nitrogens with zero attached hydrogens (tertiary/aromatic N) is 2. The molecule has 0 spiro atoms. The summed E-state index contributed by atoms with van der Waals surface area (Å²) < 4.78 is 0. The van der Waals surface area contributed by atoms with E-state index in [4.69, 9.17) is 0 Å². The summed E-state index contributed by atoms with van der Waals surface area (Å²) in [6, 6.07) is -0.787. The van der Waals surface area contributed by atoms with Crippen molar-refractivity contribution in [3.8, 4) is 0 Å². The highest BCUT2D eigenvalue weighted by Gasteiger charge is 2.43. The Kier molecular flexibility index (Phi) is 6.33. The van der Waals surface area contributed by atoms with Crippen molar-refractivity contribution in [2.75, 3.05) is 20.6 Å². The summed E-state index contributed by atoms with van der Waals surface area (Å²) in [6.07, 6.45) is 1.93. The molecule has 0 aliphatic carbocycles. The van der Waals surface area contributed by atoms with Gasteiger partial charge in [0.15, 0.2) is 0 Å². The predicted molar refractivity (Wildman–Crippen MR) is 80.6 cm³/mol. The lowest BCUT2D eigenvalue weighted by molar-refractivity contribution is -0.144. The van der Waals surface area contributed by atoms with Gasteiger partial charge in [-0.3, -0.25) is 19.8 Å². The lowest BCUT2D eigenvalue weighted by Gasteiger charge is -2.37. The number of likely N-dealkylation sites (N-methyl/N-ethyl adjacent to an activating group) is 1. The molecule has 21 heavy (non-hydrogen) atoms. The van der Waals surface area contributed by atoms with Crippen LogP contribution in [-0.4, -0.2) is 54.3 Å². The van der Waals surface area contributed by atoms with E-state index >= 15 is 0 Å². The van der Waals surface area contributed by atoms with E-state index in [2.05, 4.69) is 19.2 Å². The van der Waals surface area contributed by atoms with E-state index in [1.165, 1.54) is 4.90 Å². The molecule has 4 amide bonds. The van der Waals surface area contributed by atoms with Gasteiger partial charge in [-0.15, -0.1) is 0 Å². The number of nitrogens with one attached hydrogen (secondary N) is 1. The summed E-state index contributed by atoms with van der Waals surface area (Å²) >= 11 is 0. The lowest BCUT2D eigenvalue weighted by atomic mass is 9.95. The fourth-order valence-corrected chi connectivity index (χ4v) is 2.75. The third-order valence-corrected chi connectivity index (χ3v) is 3.56. The molecule has 1 aliphatic heterocycles. The molecule has 1 fully saturated rings. The van der Waals surface area contributed by atoms with Crippen molar-refractivity contribution in [3.63, 3.8) is 0 Å². The van der Waals surface area contributed by atoms with Gasteiger partial charge in [0, 0.05) is 6.54 Å². The fraction of sp³-hybridized carbons (Fsp3) is 0.800. The first-order chi connectivity index (χ1) is 9.77. The zero-order chi connectivity index (χ0) is 16.2. The lowest BCUT2D eigenvalue weighted by Crippen LogP contribution is -2.62. The van der Waals surface area contributed by atoms with Gasteiger partial charge < -0.3 is 4.90 Å². The minimum Gasteiger partial charge on any atom is -0.307 e. The third-order valence-electron chi connectivity index (χ3n) is 3.56. The molecule has 0 aromatic rings. The molecule has 2 atom stereocenters. The third kappa shape index (κ3) is 4.52. The molecule has 120 valence electrons. The molecule has 1 rings (SSSR count). The highest BCUT2D eigenvalue weighted by molar-refractivity contribution is 6.16. The van der Waals surface area contributed by atoms with Crippen molar-refractivity contribution in [1.82, 2.24) is 15.1 Å². The monoisotopic (exact) mass is 297 g/mol. The molecule has 1 N–H and O–H groups in total. The Morgan fingerprint density at radius 2 is 1.86 bits per heavy atom. The van der Waals surface area contributed by atoms with E-state index in [0.717, 1.165) is 12.8 Å². The molecular formula is C15H27N3O3. The van der Waals surface area contributed by atoms with E-state index in [0.29, 0.717) is 18.9 Å². The van der Waals surface area contributed by atoms with E-state index in [1.807, 2.05) is 25.9 Å². The van der Waals surface area contributed by atoms with Gasteiger partial charge in [0.1, 0.15) is 5.92 Å². The van der Waals surface area contributed by atoms with Crippen molar-refractivity contribution in [3.05, 3.63) is 0 Å². The molecule has 6 nitrogen and oxygen atoms in total. The summed E-state index contributed by atoms with van der Waals surface area (Å²) in [5, 5.41) is 2.33. The van der Waals surface area contributed by atoms with E-state index < -0.39 is 17.9 Å². The van der Waals surface area contributed by atoms with Crippen LogP contribution in [0.5, 0.6) is 0 Å². The van der Waals surface area contributed by atoms with Gasteiger partial charge in [0.25, 0.3) is 0 Å². The topological polar surface area (TPSA) is 69.7 Å². The van der Waals surface area contributed by atoms with Gasteiger partial charge in [0.05, 0.1) is 6.04 Å². The van der Waals surface area contributed by atoms with Gasteiger partial charge in [-0.25, -0.2) is 4.79 Å². The Morgan fingerprint density at radius 3 is 2.33 bits per heavy atom. The average Bonchev–Trinajstić information content (AvgIpc) is 2.32. The summed E-state index contributed by atoms with van der Waals surface area (Å²) in [4.78, 5) is 39.7. The van der Waals surface area contributed by atoms with E-state index in [-0.39, 0.29) is 11.9 Å². The second-order valence-electron chi connectivity index (χ2n) is 6.39. The maximum atomic E-state index is 12.6. The van der Waals surface area contributed by atoms with Gasteiger partial charge in [-0.1, -0.05) is 27.2 Å². The van der Waals surface area contributed by atoms with Crippen LogP contribution in [0.4, 0.5) is 4.79 Å². The number of carbonyl (C=O) groups is 3. The molecule has 0 aromatic heterocycles. The highest BCUT2D eigenvalue weighted by Crippen LogP contribution is 2.21. The number of hydrogen-bond acceptors (Lipinski definition) is 4. The fourth-order valence-electron chi connectivity index (χ4n) is 2.75. The summed E-state index contributed by atoms with van der Waals surface area (Å²) in [5.74, 6) is -1.18. The summed E-state index contributed by atoms with van der Waals surface area (Å²) in [6.45, 7) is 6.64. The second kappa shape index (κ2) is 7.54. The standard InChI is InChI=1S/C15H27N3O3/c1-6-7-12-13(19)16-15(21)18(14(12)20)11(8-10(2)3)9-17(4)5/h10-12H,6-9H2,1-5H3,(H,16,19,21). The normalized spacial score (nSPS) is 21.2. The number of rotatable bonds is 7. The van der Waals surface area contributed by atoms with Crippen LogP contribution in [0, 0.1) is 11.8 Å². The van der Waals surface area contributed by atoms with Crippen LogP contribution in [0.1, 0.15) is 40.0 Å². The largest absolute Gasteiger partial charge is 0.331 e. The molecule has 2 unspecified atom stereocenters. The number of carbonyl (C=O) groups excluding carboxylic acids is 3. The van der Waals surface area contributed by atoms with Crippen molar-refractivity contribution < 1.29 is 14.4 Å². The van der Waals surface area contributed by atoms with Gasteiger partial charge in [-0.05, 0) is 32.9 Å². The zero-order valence-corrected chi connectivity index (χ0v) is 13.7. The van der Waals surface area contributed by atoms with Crippen LogP contribution in [0.25, 0.3) is 0 Å². The Labute approximate surface area is 126 Å². The molecule has 1 heterocycles. The zero-order valence-electron chi connectivity index (χ0n) is 13.7. The summed E-state index contributed by atoms with van der Waals surface area (Å²) in [7, 11) is 3.82. The molecule has 6 heteroatoms. The number of urea groups is 1. The predicted octanol–water partition coefficient (Wildman–Crippen LogP) is 1.46. The Morgan fingerprint density at radius 1 is 1.24 bits per heavy atom. The molecule has 0 radical (unpaired) electrons. The Bertz CT molecular complexity index is 397. The minimum absolute atomic E-state index is 0.208. The van der Waals surface area contributed by atoms with Crippen LogP contribution >= 0.6 is 0 Å². The first-order valence-electron chi connectivity index (χ1n) is 7.60. The highest BCUT2D eigenvalue weighted by atomic mass is 16.2. The van der Waals surface area contributed by atoms with Crippen molar-refractivity contribution >= 4 is 17.8 Å². The summed E-state index contributed by atoms with van der Waals surface area (Å²) in [5.41, 5.74) is 0. The van der Waals surface area contributed by atoms with Crippen molar-refractivity contribution in [2.45, 2.75) is 46.1 Å². The van der Waals surface area contributed by atoms with Crippen molar-refractivity contribution in [1.29, 1.82) is 0 Å². The van der Waals surface area contributed by atoms with Gasteiger partial charge in [-0.2, -0.15) is 0 Å². The number of amides is 4. The first-order valence-corrected chi connectivity index (χ1v) is 7.60. The van der Waals surface area contributed by atoms with E-state index in [1.54, 1.807) is 0 Å². The number of barbiturate groups is 1. The maximum Gasteiger partial charge on any atom is 0.331 e. The van der Waals surface area contributed by atoms with Crippen LogP contribution in [0.3, 0.4) is 0 Å². The molecule has 1 saturated heterocycles. The van der Waals surface area contributed by atoms with E-state index in [9.17, 15) is 14.4 Å². The van der Waals surface area contributed by atoms with Crippen LogP contribution in [0.2, 0.25) is 0 Å². The molecule has 1 aliphatic rings. The maximum absolute atomic E-state index is 12.6. The van der Waals surface area contributed by atoms with Crippen LogP contribution < -0.4 is 5.32 Å². The minimum atomic E-state index is -0.732. The molecular weight excluding hydrogens is 270 g/mol. The quantitative estimate of drug-likeness (QED) is 0.722. The van der Waals surface area contributed by atoms with Gasteiger partial charge >= 0.3 is 6.03 Å². The Balaban J connectivity index is 3.00. The number of hydrogen-bond donors (Lipinski definition) is 1. The van der Waals surface area contributed by atoms with Gasteiger partial charge in [0.2, 0.25) is 11.8 Å². The second-order valence-corrected chi connectivity index (χ2v) is 6.39. The molecule has 0 aromatic carbocycles. The number of imide groups is 2. The Hall–Kier alpha value is -1.43.